The van der Waals surface area contributed by atoms with Crippen LogP contribution in [0.3, 0.4) is 0 Å². The van der Waals surface area contributed by atoms with Gasteiger partial charge in [-0.05, 0) is 49.4 Å². The van der Waals surface area contributed by atoms with Crippen molar-refractivity contribution in [2.24, 2.45) is 0 Å². The third-order valence-corrected chi connectivity index (χ3v) is 6.10. The molecule has 1 N–H and O–H groups in total. The number of thioether (sulfide) groups is 1. The zero-order chi connectivity index (χ0) is 18.7. The highest BCUT2D eigenvalue weighted by molar-refractivity contribution is 8.00. The largest absolute Gasteiger partial charge is 0.300 e. The fraction of sp³-hybridized carbons (Fsp3) is 0.118. The van der Waals surface area contributed by atoms with Gasteiger partial charge >= 0.3 is 0 Å². The summed E-state index contributed by atoms with van der Waals surface area (Å²) in [6, 6.07) is 12.5. The molecule has 0 aliphatic rings. The molecular weight excluding hydrogens is 433 g/mol. The van der Waals surface area contributed by atoms with Crippen LogP contribution in [-0.4, -0.2) is 21.4 Å². The quantitative estimate of drug-likeness (QED) is 0.470. The Bertz CT molecular complexity index is 931. The first-order valence-electron chi connectivity index (χ1n) is 7.44. The van der Waals surface area contributed by atoms with E-state index >= 15 is 0 Å². The number of aromatic nitrogens is 2. The molecule has 2 aromatic carbocycles. The number of anilines is 1. The van der Waals surface area contributed by atoms with E-state index in [9.17, 15) is 4.79 Å². The summed E-state index contributed by atoms with van der Waals surface area (Å²) in [6.45, 7) is 1.83. The van der Waals surface area contributed by atoms with E-state index in [2.05, 4.69) is 15.5 Å². The number of nitrogens with one attached hydrogen (secondary N) is 1. The Balaban J connectivity index is 1.66. The Hall–Kier alpha value is -1.31. The van der Waals surface area contributed by atoms with Gasteiger partial charge in [-0.3, -0.25) is 10.1 Å². The first kappa shape index (κ1) is 19.5. The first-order chi connectivity index (χ1) is 12.4. The zero-order valence-electron chi connectivity index (χ0n) is 13.4. The Morgan fingerprint density at radius 2 is 1.77 bits per heavy atom. The van der Waals surface area contributed by atoms with Crippen LogP contribution in [-0.2, 0) is 4.79 Å². The summed E-state index contributed by atoms with van der Waals surface area (Å²) in [6.07, 6.45) is 0. The van der Waals surface area contributed by atoms with Gasteiger partial charge in [0, 0.05) is 20.5 Å². The lowest BCUT2D eigenvalue weighted by atomic mass is 10.2. The Morgan fingerprint density at radius 1 is 1.08 bits per heavy atom. The van der Waals surface area contributed by atoms with Crippen LogP contribution >= 0.6 is 57.9 Å². The predicted molar refractivity (Wildman–Crippen MR) is 111 cm³/mol. The van der Waals surface area contributed by atoms with Crippen LogP contribution in [0.4, 0.5) is 5.13 Å². The van der Waals surface area contributed by atoms with Gasteiger partial charge in [-0.1, -0.05) is 46.1 Å². The lowest BCUT2D eigenvalue weighted by Gasteiger charge is -2.10. The van der Waals surface area contributed by atoms with Gasteiger partial charge < -0.3 is 0 Å². The Labute approximate surface area is 173 Å². The number of amides is 1. The van der Waals surface area contributed by atoms with Crippen molar-refractivity contribution in [3.63, 3.8) is 0 Å². The second kappa shape index (κ2) is 8.59. The van der Waals surface area contributed by atoms with Crippen LogP contribution < -0.4 is 5.32 Å². The topological polar surface area (TPSA) is 54.9 Å². The van der Waals surface area contributed by atoms with Gasteiger partial charge in [-0.15, -0.1) is 22.0 Å². The van der Waals surface area contributed by atoms with Crippen molar-refractivity contribution in [1.29, 1.82) is 0 Å². The summed E-state index contributed by atoms with van der Waals surface area (Å²) in [4.78, 5) is 13.3. The molecule has 1 atom stereocenters. The van der Waals surface area contributed by atoms with E-state index in [1.165, 1.54) is 23.1 Å². The van der Waals surface area contributed by atoms with Crippen LogP contribution in [0.2, 0.25) is 15.1 Å². The SMILES string of the molecule is CC(Sc1ccc(Cl)cc1)C(=O)Nc1nnc(-c2ccc(Cl)cc2Cl)s1. The van der Waals surface area contributed by atoms with Crippen molar-refractivity contribution in [3.8, 4) is 10.6 Å². The van der Waals surface area contributed by atoms with E-state index in [0.717, 1.165) is 10.5 Å². The molecule has 9 heteroatoms. The average Bonchev–Trinajstić information content (AvgIpc) is 3.05. The minimum absolute atomic E-state index is 0.158. The molecule has 1 amide bonds. The maximum atomic E-state index is 12.4. The molecule has 1 aromatic heterocycles. The molecule has 26 heavy (non-hydrogen) atoms. The number of carbonyl (C=O) groups is 1. The molecule has 0 saturated carbocycles. The minimum Gasteiger partial charge on any atom is -0.300 e. The van der Waals surface area contributed by atoms with Crippen molar-refractivity contribution in [2.45, 2.75) is 17.1 Å². The number of carbonyl (C=O) groups excluding carboxylic acids is 1. The molecule has 134 valence electrons. The molecule has 0 aliphatic carbocycles. The summed E-state index contributed by atoms with van der Waals surface area (Å²) in [5, 5.41) is 13.3. The number of halogens is 3. The summed E-state index contributed by atoms with van der Waals surface area (Å²) < 4.78 is 0. The monoisotopic (exact) mass is 443 g/mol. The minimum atomic E-state index is -0.303. The molecule has 0 saturated heterocycles. The highest BCUT2D eigenvalue weighted by Crippen LogP contribution is 2.34. The van der Waals surface area contributed by atoms with Crippen LogP contribution in [0.25, 0.3) is 10.6 Å². The Morgan fingerprint density at radius 3 is 2.46 bits per heavy atom. The van der Waals surface area contributed by atoms with E-state index in [1.54, 1.807) is 30.3 Å². The number of hydrogen-bond acceptors (Lipinski definition) is 5. The second-order valence-corrected chi connectivity index (χ2v) is 8.91. The van der Waals surface area contributed by atoms with E-state index < -0.39 is 0 Å². The van der Waals surface area contributed by atoms with Crippen molar-refractivity contribution in [3.05, 3.63) is 57.5 Å². The van der Waals surface area contributed by atoms with E-state index in [-0.39, 0.29) is 11.2 Å². The molecule has 0 radical (unpaired) electrons. The summed E-state index contributed by atoms with van der Waals surface area (Å²) in [7, 11) is 0. The average molecular weight is 445 g/mol. The molecule has 1 heterocycles. The molecule has 0 bridgehead atoms. The normalized spacial score (nSPS) is 12.0. The van der Waals surface area contributed by atoms with Gasteiger partial charge in [0.1, 0.15) is 0 Å². The molecule has 3 rings (SSSR count). The number of hydrogen-bond donors (Lipinski definition) is 1. The van der Waals surface area contributed by atoms with Gasteiger partial charge in [0.05, 0.1) is 10.3 Å². The highest BCUT2D eigenvalue weighted by Gasteiger charge is 2.17. The van der Waals surface area contributed by atoms with Crippen molar-refractivity contribution in [2.75, 3.05) is 5.32 Å². The fourth-order valence-corrected chi connectivity index (χ4v) is 4.36. The maximum absolute atomic E-state index is 12.4. The molecule has 0 spiro atoms. The third kappa shape index (κ3) is 4.90. The number of nitrogens with zero attached hydrogens (tertiary/aromatic N) is 2. The lowest BCUT2D eigenvalue weighted by Crippen LogP contribution is -2.22. The smallest absolute Gasteiger partial charge is 0.239 e. The molecular formula is C17H12Cl3N3OS2. The van der Waals surface area contributed by atoms with Crippen LogP contribution in [0.15, 0.2) is 47.4 Å². The van der Waals surface area contributed by atoms with Crippen molar-refractivity contribution >= 4 is 68.9 Å². The molecule has 1 unspecified atom stereocenters. The van der Waals surface area contributed by atoms with Crippen molar-refractivity contribution < 1.29 is 4.79 Å². The standard InChI is InChI=1S/C17H12Cl3N3OS2/c1-9(25-12-5-2-10(18)3-6-12)15(24)21-17-23-22-16(26-17)13-7-4-11(19)8-14(13)20/h2-9H,1H3,(H,21,23,24). The fourth-order valence-electron chi connectivity index (χ4n) is 2.02. The summed E-state index contributed by atoms with van der Waals surface area (Å²) in [5.74, 6) is -0.158. The lowest BCUT2D eigenvalue weighted by molar-refractivity contribution is -0.115. The van der Waals surface area contributed by atoms with Gasteiger partial charge in [0.2, 0.25) is 11.0 Å². The van der Waals surface area contributed by atoms with Crippen molar-refractivity contribution in [1.82, 2.24) is 10.2 Å². The number of rotatable bonds is 5. The third-order valence-electron chi connectivity index (χ3n) is 3.31. The van der Waals surface area contributed by atoms with E-state index in [0.29, 0.717) is 25.2 Å². The summed E-state index contributed by atoms with van der Waals surface area (Å²) in [5.41, 5.74) is 0.720. The highest BCUT2D eigenvalue weighted by atomic mass is 35.5. The molecule has 0 aliphatic heterocycles. The van der Waals surface area contributed by atoms with E-state index in [1.807, 2.05) is 19.1 Å². The van der Waals surface area contributed by atoms with Crippen LogP contribution in [0.5, 0.6) is 0 Å². The summed E-state index contributed by atoms with van der Waals surface area (Å²) >= 11 is 20.6. The molecule has 3 aromatic rings. The van der Waals surface area contributed by atoms with E-state index in [4.69, 9.17) is 34.8 Å². The van der Waals surface area contributed by atoms with Crippen LogP contribution in [0.1, 0.15) is 6.92 Å². The second-order valence-electron chi connectivity index (χ2n) is 5.24. The maximum Gasteiger partial charge on any atom is 0.239 e. The number of benzene rings is 2. The van der Waals surface area contributed by atoms with Crippen LogP contribution in [0, 0.1) is 0 Å². The first-order valence-corrected chi connectivity index (χ1v) is 10.3. The van der Waals surface area contributed by atoms with Gasteiger partial charge in [0.25, 0.3) is 0 Å². The zero-order valence-corrected chi connectivity index (χ0v) is 17.3. The predicted octanol–water partition coefficient (Wildman–Crippen LogP) is 6.28. The van der Waals surface area contributed by atoms with Gasteiger partial charge in [-0.25, -0.2) is 0 Å². The Kier molecular flexibility index (Phi) is 6.42. The molecule has 4 nitrogen and oxygen atoms in total. The van der Waals surface area contributed by atoms with Gasteiger partial charge in [-0.2, -0.15) is 0 Å². The molecule has 0 fully saturated rings. The van der Waals surface area contributed by atoms with Gasteiger partial charge in [0.15, 0.2) is 5.01 Å².